The van der Waals surface area contributed by atoms with Gasteiger partial charge in [-0.3, -0.25) is 0 Å². The summed E-state index contributed by atoms with van der Waals surface area (Å²) >= 11 is 0. The lowest BCUT2D eigenvalue weighted by Gasteiger charge is -2.25. The molecule has 1 heterocycles. The van der Waals surface area contributed by atoms with E-state index in [4.69, 9.17) is 5.73 Å². The van der Waals surface area contributed by atoms with Gasteiger partial charge in [0.15, 0.2) is 0 Å². The molecule has 1 aromatic carbocycles. The van der Waals surface area contributed by atoms with E-state index in [-0.39, 0.29) is 5.82 Å². The van der Waals surface area contributed by atoms with Crippen molar-refractivity contribution in [3.63, 3.8) is 0 Å². The van der Waals surface area contributed by atoms with Crippen molar-refractivity contribution in [3.05, 3.63) is 35.1 Å². The lowest BCUT2D eigenvalue weighted by Crippen LogP contribution is -2.36. The van der Waals surface area contributed by atoms with Crippen LogP contribution < -0.4 is 5.73 Å². The average molecular weight is 289 g/mol. The van der Waals surface area contributed by atoms with Gasteiger partial charge in [0, 0.05) is 30.3 Å². The minimum absolute atomic E-state index is 0.189. The van der Waals surface area contributed by atoms with E-state index in [1.165, 1.54) is 25.5 Å². The molecule has 1 unspecified atom stereocenters. The first-order valence-electron chi connectivity index (χ1n) is 7.46. The van der Waals surface area contributed by atoms with Crippen LogP contribution >= 0.6 is 0 Å². The highest BCUT2D eigenvalue weighted by atomic mass is 19.1. The summed E-state index contributed by atoms with van der Waals surface area (Å²) in [5.74, 6) is 5.41. The summed E-state index contributed by atoms with van der Waals surface area (Å²) in [5.41, 5.74) is 6.72. The fourth-order valence-electron chi connectivity index (χ4n) is 2.83. The Labute approximate surface area is 126 Å². The van der Waals surface area contributed by atoms with Crippen LogP contribution in [-0.2, 0) is 6.54 Å². The van der Waals surface area contributed by atoms with Crippen LogP contribution in [0.5, 0.6) is 0 Å². The van der Waals surface area contributed by atoms with Gasteiger partial charge in [-0.05, 0) is 45.6 Å². The molecule has 114 valence electrons. The Bertz CT molecular complexity index is 533. The Morgan fingerprint density at radius 2 is 2.29 bits per heavy atom. The standard InChI is InChI=1S/C17H24FN3/c1-20(13-16-6-4-10-21(16)2)12-15-8-7-14(5-3-9-19)11-17(15)18/h7-8,11,16H,4,6,9-10,12-13,19H2,1-2H3. The predicted octanol–water partition coefficient (Wildman–Crippen LogP) is 1.66. The van der Waals surface area contributed by atoms with E-state index in [9.17, 15) is 4.39 Å². The van der Waals surface area contributed by atoms with Crippen molar-refractivity contribution in [2.24, 2.45) is 5.73 Å². The third-order valence-electron chi connectivity index (χ3n) is 4.02. The van der Waals surface area contributed by atoms with Gasteiger partial charge in [0.2, 0.25) is 0 Å². The molecule has 0 bridgehead atoms. The summed E-state index contributed by atoms with van der Waals surface area (Å²) in [6.07, 6.45) is 2.49. The number of nitrogens with two attached hydrogens (primary N) is 1. The zero-order valence-corrected chi connectivity index (χ0v) is 12.9. The van der Waals surface area contributed by atoms with Crippen LogP contribution in [0.2, 0.25) is 0 Å². The number of hydrogen-bond acceptors (Lipinski definition) is 3. The van der Waals surface area contributed by atoms with Crippen molar-refractivity contribution < 1.29 is 4.39 Å². The van der Waals surface area contributed by atoms with Gasteiger partial charge in [0.05, 0.1) is 6.54 Å². The second-order valence-electron chi connectivity index (χ2n) is 5.79. The van der Waals surface area contributed by atoms with Gasteiger partial charge in [-0.2, -0.15) is 0 Å². The molecule has 1 atom stereocenters. The molecule has 1 saturated heterocycles. The summed E-state index contributed by atoms with van der Waals surface area (Å²) in [6.45, 7) is 3.06. The van der Waals surface area contributed by atoms with Crippen LogP contribution in [0, 0.1) is 17.7 Å². The topological polar surface area (TPSA) is 32.5 Å². The van der Waals surface area contributed by atoms with Crippen LogP contribution in [0.3, 0.4) is 0 Å². The Morgan fingerprint density at radius 3 is 2.90 bits per heavy atom. The van der Waals surface area contributed by atoms with Gasteiger partial charge in [-0.15, -0.1) is 0 Å². The van der Waals surface area contributed by atoms with Gasteiger partial charge in [-0.25, -0.2) is 4.39 Å². The van der Waals surface area contributed by atoms with E-state index in [1.54, 1.807) is 0 Å². The van der Waals surface area contributed by atoms with E-state index in [1.807, 2.05) is 19.2 Å². The zero-order chi connectivity index (χ0) is 15.2. The van der Waals surface area contributed by atoms with Gasteiger partial charge in [0.1, 0.15) is 5.82 Å². The highest BCUT2D eigenvalue weighted by molar-refractivity contribution is 5.37. The molecule has 0 amide bonds. The predicted molar refractivity (Wildman–Crippen MR) is 84.3 cm³/mol. The summed E-state index contributed by atoms with van der Waals surface area (Å²) in [5, 5.41) is 0. The maximum atomic E-state index is 14.1. The van der Waals surface area contributed by atoms with Crippen molar-refractivity contribution in [1.29, 1.82) is 0 Å². The van der Waals surface area contributed by atoms with Crippen LogP contribution in [-0.4, -0.2) is 49.6 Å². The molecular formula is C17H24FN3. The summed E-state index contributed by atoms with van der Waals surface area (Å²) in [4.78, 5) is 4.58. The van der Waals surface area contributed by atoms with Crippen molar-refractivity contribution in [3.8, 4) is 11.8 Å². The first kappa shape index (κ1) is 16.0. The van der Waals surface area contributed by atoms with Crippen LogP contribution in [0.25, 0.3) is 0 Å². The molecule has 1 aliphatic rings. The fraction of sp³-hybridized carbons (Fsp3) is 0.529. The smallest absolute Gasteiger partial charge is 0.128 e. The highest BCUT2D eigenvalue weighted by Crippen LogP contribution is 2.17. The van der Waals surface area contributed by atoms with Gasteiger partial charge in [-0.1, -0.05) is 17.9 Å². The largest absolute Gasteiger partial charge is 0.320 e. The zero-order valence-electron chi connectivity index (χ0n) is 12.9. The fourth-order valence-corrected chi connectivity index (χ4v) is 2.83. The Morgan fingerprint density at radius 1 is 1.48 bits per heavy atom. The van der Waals surface area contributed by atoms with E-state index in [0.29, 0.717) is 24.7 Å². The number of likely N-dealkylation sites (tertiary alicyclic amines) is 1. The van der Waals surface area contributed by atoms with Gasteiger partial charge < -0.3 is 15.5 Å². The molecule has 1 aromatic rings. The van der Waals surface area contributed by atoms with Crippen LogP contribution in [0.1, 0.15) is 24.0 Å². The second kappa shape index (κ2) is 7.56. The molecule has 1 aliphatic heterocycles. The van der Waals surface area contributed by atoms with E-state index >= 15 is 0 Å². The monoisotopic (exact) mass is 289 g/mol. The first-order valence-corrected chi connectivity index (χ1v) is 7.46. The van der Waals surface area contributed by atoms with Crippen molar-refractivity contribution >= 4 is 0 Å². The van der Waals surface area contributed by atoms with Crippen molar-refractivity contribution in [1.82, 2.24) is 9.80 Å². The molecule has 0 spiro atoms. The van der Waals surface area contributed by atoms with Crippen molar-refractivity contribution in [2.75, 3.05) is 33.7 Å². The van der Waals surface area contributed by atoms with Gasteiger partial charge in [0.25, 0.3) is 0 Å². The van der Waals surface area contributed by atoms with Crippen molar-refractivity contribution in [2.45, 2.75) is 25.4 Å². The molecule has 4 heteroatoms. The first-order chi connectivity index (χ1) is 10.1. The molecular weight excluding hydrogens is 265 g/mol. The van der Waals surface area contributed by atoms with E-state index < -0.39 is 0 Å². The molecule has 3 nitrogen and oxygen atoms in total. The lowest BCUT2D eigenvalue weighted by molar-refractivity contribution is 0.214. The number of nitrogens with zero attached hydrogens (tertiary/aromatic N) is 2. The molecule has 21 heavy (non-hydrogen) atoms. The summed E-state index contributed by atoms with van der Waals surface area (Å²) in [6, 6.07) is 5.77. The third kappa shape index (κ3) is 4.53. The lowest BCUT2D eigenvalue weighted by atomic mass is 10.1. The Kier molecular flexibility index (Phi) is 5.75. The normalized spacial score (nSPS) is 18.8. The number of halogens is 1. The number of rotatable bonds is 4. The SMILES string of the molecule is CN(Cc1ccc(C#CCN)cc1F)CC1CCCN1C. The van der Waals surface area contributed by atoms with E-state index in [2.05, 4.69) is 28.7 Å². The Hall–Kier alpha value is -1.41. The van der Waals surface area contributed by atoms with Crippen LogP contribution in [0.15, 0.2) is 18.2 Å². The molecule has 2 rings (SSSR count). The van der Waals surface area contributed by atoms with Crippen LogP contribution in [0.4, 0.5) is 4.39 Å². The molecule has 0 aromatic heterocycles. The minimum atomic E-state index is -0.189. The highest BCUT2D eigenvalue weighted by Gasteiger charge is 2.22. The molecule has 1 fully saturated rings. The number of benzene rings is 1. The average Bonchev–Trinajstić information content (AvgIpc) is 2.84. The summed E-state index contributed by atoms with van der Waals surface area (Å²) in [7, 11) is 4.21. The molecule has 0 aliphatic carbocycles. The molecule has 0 saturated carbocycles. The molecule has 2 N–H and O–H groups in total. The minimum Gasteiger partial charge on any atom is -0.320 e. The van der Waals surface area contributed by atoms with Gasteiger partial charge >= 0.3 is 0 Å². The Balaban J connectivity index is 1.95. The quantitative estimate of drug-likeness (QED) is 0.856. The number of likely N-dealkylation sites (N-methyl/N-ethyl adjacent to an activating group) is 2. The third-order valence-corrected chi connectivity index (χ3v) is 4.02. The maximum Gasteiger partial charge on any atom is 0.128 e. The van der Waals surface area contributed by atoms with E-state index in [0.717, 1.165) is 12.1 Å². The molecule has 0 radical (unpaired) electrons. The second-order valence-corrected chi connectivity index (χ2v) is 5.79. The summed E-state index contributed by atoms with van der Waals surface area (Å²) < 4.78 is 14.1. The maximum absolute atomic E-state index is 14.1. The number of hydrogen-bond donors (Lipinski definition) is 1.